The Bertz CT molecular complexity index is 864. The monoisotopic (exact) mass is 402 g/mol. The van der Waals surface area contributed by atoms with Gasteiger partial charge in [0.05, 0.1) is 16.6 Å². The number of ether oxygens (including phenoxy) is 1. The number of carbonyl (C=O) groups is 1. The van der Waals surface area contributed by atoms with Crippen LogP contribution in [0, 0.1) is 6.92 Å². The van der Waals surface area contributed by atoms with Crippen LogP contribution in [-0.4, -0.2) is 52.9 Å². The van der Waals surface area contributed by atoms with Crippen molar-refractivity contribution in [2.45, 2.75) is 59.2 Å². The summed E-state index contributed by atoms with van der Waals surface area (Å²) in [6.45, 7) is 13.4. The lowest BCUT2D eigenvalue weighted by Gasteiger charge is -2.29. The largest absolute Gasteiger partial charge is 0.444 e. The highest BCUT2D eigenvalue weighted by atomic mass is 16.6. The number of aliphatic imine (C=N–C) groups is 1. The van der Waals surface area contributed by atoms with Gasteiger partial charge in [-0.2, -0.15) is 0 Å². The summed E-state index contributed by atoms with van der Waals surface area (Å²) >= 11 is 0. The number of guanidine groups is 1. The second kappa shape index (κ2) is 9.15. The summed E-state index contributed by atoms with van der Waals surface area (Å²) in [7, 11) is 1.72. The molecule has 1 aromatic carbocycles. The van der Waals surface area contributed by atoms with Crippen LogP contribution in [0.4, 0.5) is 4.79 Å². The molecule has 0 saturated carbocycles. The SMILES string of the molecule is CN=C(NCCn1c(C)nc2ccccc21)NCC(C)(C)NC(=O)OC(C)(C)C. The Morgan fingerprint density at radius 1 is 1.17 bits per heavy atom. The van der Waals surface area contributed by atoms with Crippen LogP contribution in [0.15, 0.2) is 29.3 Å². The second-order valence-electron chi connectivity index (χ2n) is 8.66. The van der Waals surface area contributed by atoms with Crippen molar-refractivity contribution >= 4 is 23.1 Å². The molecule has 0 fully saturated rings. The molecule has 2 rings (SSSR count). The average molecular weight is 403 g/mol. The molecule has 1 aromatic heterocycles. The summed E-state index contributed by atoms with van der Waals surface area (Å²) in [6.07, 6.45) is -0.435. The number of carbonyl (C=O) groups excluding carboxylic acids is 1. The van der Waals surface area contributed by atoms with Crippen LogP contribution < -0.4 is 16.0 Å². The molecule has 3 N–H and O–H groups in total. The molecular formula is C21H34N6O2. The van der Waals surface area contributed by atoms with Crippen LogP contribution in [0.5, 0.6) is 0 Å². The second-order valence-corrected chi connectivity index (χ2v) is 8.66. The molecule has 0 spiro atoms. The Balaban J connectivity index is 1.84. The first-order valence-corrected chi connectivity index (χ1v) is 9.88. The van der Waals surface area contributed by atoms with Crippen molar-refractivity contribution in [1.82, 2.24) is 25.5 Å². The van der Waals surface area contributed by atoms with Crippen LogP contribution >= 0.6 is 0 Å². The number of para-hydroxylation sites is 2. The van der Waals surface area contributed by atoms with E-state index in [4.69, 9.17) is 4.74 Å². The Labute approximate surface area is 173 Å². The summed E-state index contributed by atoms with van der Waals surface area (Å²) in [5.41, 5.74) is 1.10. The van der Waals surface area contributed by atoms with Crippen LogP contribution in [0.1, 0.15) is 40.4 Å². The normalized spacial score (nSPS) is 12.7. The van der Waals surface area contributed by atoms with Crippen molar-refractivity contribution in [2.75, 3.05) is 20.1 Å². The van der Waals surface area contributed by atoms with Gasteiger partial charge in [0.1, 0.15) is 11.4 Å². The summed E-state index contributed by atoms with van der Waals surface area (Å²) in [5.74, 6) is 1.66. The lowest BCUT2D eigenvalue weighted by Crippen LogP contribution is -2.54. The molecule has 0 unspecified atom stereocenters. The minimum Gasteiger partial charge on any atom is -0.444 e. The fourth-order valence-corrected chi connectivity index (χ4v) is 2.91. The average Bonchev–Trinajstić information content (AvgIpc) is 2.91. The minimum absolute atomic E-state index is 0.435. The number of benzene rings is 1. The molecule has 8 nitrogen and oxygen atoms in total. The van der Waals surface area contributed by atoms with Gasteiger partial charge >= 0.3 is 6.09 Å². The molecule has 8 heteroatoms. The third-order valence-corrected chi connectivity index (χ3v) is 4.23. The number of rotatable bonds is 6. The molecule has 29 heavy (non-hydrogen) atoms. The van der Waals surface area contributed by atoms with Crippen molar-refractivity contribution in [3.05, 3.63) is 30.1 Å². The van der Waals surface area contributed by atoms with E-state index < -0.39 is 17.2 Å². The Kier molecular flexibility index (Phi) is 7.11. The number of amides is 1. The number of nitrogens with zero attached hydrogens (tertiary/aromatic N) is 3. The summed E-state index contributed by atoms with van der Waals surface area (Å²) in [4.78, 5) is 20.9. The van der Waals surface area contributed by atoms with Gasteiger partial charge in [0.25, 0.3) is 0 Å². The summed E-state index contributed by atoms with van der Waals surface area (Å²) < 4.78 is 7.51. The summed E-state index contributed by atoms with van der Waals surface area (Å²) in [6, 6.07) is 8.11. The maximum Gasteiger partial charge on any atom is 0.408 e. The van der Waals surface area contributed by atoms with E-state index in [0.717, 1.165) is 23.4 Å². The van der Waals surface area contributed by atoms with E-state index in [1.54, 1.807) is 7.05 Å². The third kappa shape index (κ3) is 6.96. The number of aromatic nitrogens is 2. The number of imidazole rings is 1. The molecular weight excluding hydrogens is 368 g/mol. The first kappa shape index (κ1) is 22.5. The van der Waals surface area contributed by atoms with Gasteiger partial charge in [-0.05, 0) is 53.7 Å². The third-order valence-electron chi connectivity index (χ3n) is 4.23. The maximum atomic E-state index is 12.0. The van der Waals surface area contributed by atoms with E-state index in [-0.39, 0.29) is 0 Å². The molecule has 160 valence electrons. The zero-order chi connectivity index (χ0) is 21.7. The molecule has 0 bridgehead atoms. The Hall–Kier alpha value is -2.77. The Morgan fingerprint density at radius 3 is 2.52 bits per heavy atom. The van der Waals surface area contributed by atoms with Crippen molar-refractivity contribution in [3.8, 4) is 0 Å². The van der Waals surface area contributed by atoms with Crippen molar-refractivity contribution < 1.29 is 9.53 Å². The number of fused-ring (bicyclic) bond motifs is 1. The van der Waals surface area contributed by atoms with Crippen molar-refractivity contribution in [1.29, 1.82) is 0 Å². The first-order valence-electron chi connectivity index (χ1n) is 9.88. The fraction of sp³-hybridized carbons (Fsp3) is 0.571. The number of nitrogens with one attached hydrogen (secondary N) is 3. The highest BCUT2D eigenvalue weighted by Gasteiger charge is 2.24. The number of hydrogen-bond acceptors (Lipinski definition) is 4. The maximum absolute atomic E-state index is 12.0. The van der Waals surface area contributed by atoms with Gasteiger partial charge in [-0.3, -0.25) is 4.99 Å². The molecule has 0 aliphatic carbocycles. The number of aryl methyl sites for hydroxylation is 1. The predicted molar refractivity (Wildman–Crippen MR) is 117 cm³/mol. The number of alkyl carbamates (subject to hydrolysis) is 1. The van der Waals surface area contributed by atoms with Gasteiger partial charge in [-0.15, -0.1) is 0 Å². The lowest BCUT2D eigenvalue weighted by atomic mass is 10.1. The fourth-order valence-electron chi connectivity index (χ4n) is 2.91. The standard InChI is InChI=1S/C21H34N6O2/c1-15-25-16-10-8-9-11-17(16)27(15)13-12-23-18(22-7)24-14-21(5,6)26-19(28)29-20(2,3)4/h8-11H,12-14H2,1-7H3,(H,26,28)(H2,22,23,24). The zero-order valence-corrected chi connectivity index (χ0v) is 18.6. The zero-order valence-electron chi connectivity index (χ0n) is 18.6. The van der Waals surface area contributed by atoms with Gasteiger partial charge in [-0.25, -0.2) is 9.78 Å². The van der Waals surface area contributed by atoms with Crippen molar-refractivity contribution in [3.63, 3.8) is 0 Å². The minimum atomic E-state index is -0.527. The van der Waals surface area contributed by atoms with E-state index in [2.05, 4.69) is 36.6 Å². The molecule has 0 aliphatic rings. The summed E-state index contributed by atoms with van der Waals surface area (Å²) in [5, 5.41) is 9.44. The van der Waals surface area contributed by atoms with Gasteiger partial charge < -0.3 is 25.3 Å². The number of hydrogen-bond donors (Lipinski definition) is 3. The highest BCUT2D eigenvalue weighted by molar-refractivity contribution is 5.80. The lowest BCUT2D eigenvalue weighted by molar-refractivity contribution is 0.0474. The van der Waals surface area contributed by atoms with Gasteiger partial charge in [0.2, 0.25) is 0 Å². The van der Waals surface area contributed by atoms with Gasteiger partial charge in [0, 0.05) is 26.7 Å². The van der Waals surface area contributed by atoms with Gasteiger partial charge in [0.15, 0.2) is 5.96 Å². The molecule has 0 atom stereocenters. The van der Waals surface area contributed by atoms with Crippen LogP contribution in [0.25, 0.3) is 11.0 Å². The van der Waals surface area contributed by atoms with E-state index in [1.165, 1.54) is 0 Å². The Morgan fingerprint density at radius 2 is 1.86 bits per heavy atom. The topological polar surface area (TPSA) is 92.6 Å². The van der Waals surface area contributed by atoms with Crippen LogP contribution in [0.3, 0.4) is 0 Å². The molecule has 1 amide bonds. The molecule has 0 radical (unpaired) electrons. The van der Waals surface area contributed by atoms with E-state index >= 15 is 0 Å². The van der Waals surface area contributed by atoms with Crippen LogP contribution in [-0.2, 0) is 11.3 Å². The van der Waals surface area contributed by atoms with E-state index in [9.17, 15) is 4.79 Å². The highest BCUT2D eigenvalue weighted by Crippen LogP contribution is 2.14. The van der Waals surface area contributed by atoms with Crippen molar-refractivity contribution in [2.24, 2.45) is 4.99 Å². The van der Waals surface area contributed by atoms with E-state index in [1.807, 2.05) is 59.7 Å². The van der Waals surface area contributed by atoms with Gasteiger partial charge in [-0.1, -0.05) is 12.1 Å². The predicted octanol–water partition coefficient (Wildman–Crippen LogP) is 2.81. The molecule has 1 heterocycles. The van der Waals surface area contributed by atoms with E-state index in [0.29, 0.717) is 19.0 Å². The molecule has 0 saturated heterocycles. The molecule has 2 aromatic rings. The smallest absolute Gasteiger partial charge is 0.408 e. The van der Waals surface area contributed by atoms with Crippen LogP contribution in [0.2, 0.25) is 0 Å². The molecule has 0 aliphatic heterocycles. The first-order chi connectivity index (χ1) is 13.5. The quantitative estimate of drug-likeness (QED) is 0.510.